The summed E-state index contributed by atoms with van der Waals surface area (Å²) in [6, 6.07) is 0. The summed E-state index contributed by atoms with van der Waals surface area (Å²) in [6.45, 7) is 2.22. The van der Waals surface area contributed by atoms with Crippen molar-refractivity contribution in [1.82, 2.24) is 4.90 Å². The molecule has 0 spiro atoms. The molecule has 1 heterocycles. The second kappa shape index (κ2) is 2.21. The van der Waals surface area contributed by atoms with Crippen molar-refractivity contribution in [2.24, 2.45) is 11.8 Å². The third-order valence-electron chi connectivity index (χ3n) is 2.97. The van der Waals surface area contributed by atoms with Gasteiger partial charge in [0.15, 0.2) is 0 Å². The molecule has 2 aliphatic rings. The van der Waals surface area contributed by atoms with Crippen molar-refractivity contribution in [3.05, 3.63) is 0 Å². The van der Waals surface area contributed by atoms with Crippen LogP contribution in [0.4, 0.5) is 0 Å². The minimum atomic E-state index is 0.0243. The van der Waals surface area contributed by atoms with Gasteiger partial charge in [-0.2, -0.15) is 0 Å². The molecule has 1 saturated carbocycles. The van der Waals surface area contributed by atoms with Crippen LogP contribution >= 0.6 is 0 Å². The van der Waals surface area contributed by atoms with Gasteiger partial charge in [-0.15, -0.1) is 0 Å². The highest BCUT2D eigenvalue weighted by atomic mass is 16.3. The zero-order chi connectivity index (χ0) is 7.14. The van der Waals surface area contributed by atoms with Gasteiger partial charge >= 0.3 is 0 Å². The molecule has 0 aromatic rings. The summed E-state index contributed by atoms with van der Waals surface area (Å²) >= 11 is 0. The Labute approximate surface area is 61.8 Å². The average molecular weight is 141 g/mol. The maximum Gasteiger partial charge on any atom is 0.0620 e. The second-order valence-electron chi connectivity index (χ2n) is 3.81. The minimum absolute atomic E-state index is 0.0243. The average Bonchev–Trinajstić information content (AvgIpc) is 2.20. The van der Waals surface area contributed by atoms with E-state index in [-0.39, 0.29) is 6.10 Å². The topological polar surface area (TPSA) is 23.5 Å². The SMILES string of the molecule is CN1C[C@H]2CC[C@@H](C1)C2O. The Bertz CT molecular complexity index is 123. The fourth-order valence-electron chi connectivity index (χ4n) is 2.43. The largest absolute Gasteiger partial charge is 0.392 e. The van der Waals surface area contributed by atoms with Gasteiger partial charge in [-0.05, 0) is 31.7 Å². The first kappa shape index (κ1) is 6.62. The van der Waals surface area contributed by atoms with Crippen LogP contribution in [0.25, 0.3) is 0 Å². The summed E-state index contributed by atoms with van der Waals surface area (Å²) in [5.74, 6) is 1.17. The molecule has 0 amide bonds. The predicted octanol–water partition coefficient (Wildman–Crippen LogP) is 0.319. The van der Waals surface area contributed by atoms with Crippen molar-refractivity contribution in [3.8, 4) is 0 Å². The number of rotatable bonds is 0. The van der Waals surface area contributed by atoms with Gasteiger partial charge in [-0.25, -0.2) is 0 Å². The van der Waals surface area contributed by atoms with Crippen LogP contribution in [0.15, 0.2) is 0 Å². The van der Waals surface area contributed by atoms with Crippen molar-refractivity contribution in [2.75, 3.05) is 20.1 Å². The molecule has 2 bridgehead atoms. The Kier molecular flexibility index (Phi) is 1.46. The van der Waals surface area contributed by atoms with Gasteiger partial charge in [0.2, 0.25) is 0 Å². The highest BCUT2D eigenvalue weighted by Crippen LogP contribution is 2.35. The zero-order valence-electron chi connectivity index (χ0n) is 6.45. The molecule has 2 rings (SSSR count). The molecule has 1 saturated heterocycles. The lowest BCUT2D eigenvalue weighted by molar-refractivity contribution is 0.0265. The Morgan fingerprint density at radius 1 is 1.20 bits per heavy atom. The molecule has 3 atom stereocenters. The fraction of sp³-hybridized carbons (Fsp3) is 1.00. The van der Waals surface area contributed by atoms with E-state index in [4.69, 9.17) is 0 Å². The predicted molar refractivity (Wildman–Crippen MR) is 39.7 cm³/mol. The van der Waals surface area contributed by atoms with Crippen molar-refractivity contribution in [2.45, 2.75) is 18.9 Å². The van der Waals surface area contributed by atoms with Gasteiger partial charge in [0.05, 0.1) is 6.10 Å². The summed E-state index contributed by atoms with van der Waals surface area (Å²) in [7, 11) is 2.15. The van der Waals surface area contributed by atoms with Gasteiger partial charge in [-0.3, -0.25) is 0 Å². The number of hydrogen-bond acceptors (Lipinski definition) is 2. The number of aliphatic hydroxyl groups excluding tert-OH is 1. The molecule has 2 fully saturated rings. The number of piperidine rings is 1. The molecule has 1 aliphatic carbocycles. The van der Waals surface area contributed by atoms with E-state index in [1.807, 2.05) is 0 Å². The lowest BCUT2D eigenvalue weighted by atomic mass is 9.96. The normalized spacial score (nSPS) is 48.0. The molecule has 1 unspecified atom stereocenters. The van der Waals surface area contributed by atoms with E-state index in [1.54, 1.807) is 0 Å². The first-order valence-electron chi connectivity index (χ1n) is 4.14. The first-order chi connectivity index (χ1) is 4.77. The molecule has 1 aliphatic heterocycles. The molecule has 0 aromatic carbocycles. The van der Waals surface area contributed by atoms with E-state index in [9.17, 15) is 5.11 Å². The van der Waals surface area contributed by atoms with Crippen LogP contribution in [0.1, 0.15) is 12.8 Å². The van der Waals surface area contributed by atoms with E-state index >= 15 is 0 Å². The Balaban J connectivity index is 2.09. The van der Waals surface area contributed by atoms with E-state index in [2.05, 4.69) is 11.9 Å². The summed E-state index contributed by atoms with van der Waals surface area (Å²) < 4.78 is 0. The van der Waals surface area contributed by atoms with Crippen molar-refractivity contribution < 1.29 is 5.11 Å². The number of hydrogen-bond donors (Lipinski definition) is 1. The van der Waals surface area contributed by atoms with E-state index in [0.717, 1.165) is 13.1 Å². The second-order valence-corrected chi connectivity index (χ2v) is 3.81. The Hall–Kier alpha value is -0.0800. The summed E-state index contributed by atoms with van der Waals surface area (Å²) in [4.78, 5) is 2.34. The molecule has 1 N–H and O–H groups in total. The van der Waals surface area contributed by atoms with Gasteiger partial charge in [0, 0.05) is 13.1 Å². The smallest absolute Gasteiger partial charge is 0.0620 e. The molecule has 0 radical (unpaired) electrons. The highest BCUT2D eigenvalue weighted by Gasteiger charge is 2.39. The zero-order valence-corrected chi connectivity index (χ0v) is 6.45. The van der Waals surface area contributed by atoms with E-state index < -0.39 is 0 Å². The molecule has 58 valence electrons. The summed E-state index contributed by atoms with van der Waals surface area (Å²) in [6.07, 6.45) is 2.52. The first-order valence-corrected chi connectivity index (χ1v) is 4.14. The Morgan fingerprint density at radius 3 is 2.20 bits per heavy atom. The lowest BCUT2D eigenvalue weighted by Gasteiger charge is -2.32. The van der Waals surface area contributed by atoms with Crippen LogP contribution in [-0.2, 0) is 0 Å². The van der Waals surface area contributed by atoms with Crippen LogP contribution < -0.4 is 0 Å². The number of nitrogens with zero attached hydrogens (tertiary/aromatic N) is 1. The number of likely N-dealkylation sites (tertiary alicyclic amines) is 1. The molecule has 0 aromatic heterocycles. The third-order valence-corrected chi connectivity index (χ3v) is 2.97. The maximum atomic E-state index is 9.60. The standard InChI is InChI=1S/C8H15NO/c1-9-4-6-2-3-7(5-9)8(6)10/h6-8,10H,2-5H2,1H3/t6-,7+,8?. The Morgan fingerprint density at radius 2 is 1.70 bits per heavy atom. The van der Waals surface area contributed by atoms with Crippen LogP contribution in [0.3, 0.4) is 0 Å². The van der Waals surface area contributed by atoms with Crippen molar-refractivity contribution in [3.63, 3.8) is 0 Å². The molecule has 2 heteroatoms. The molecule has 2 nitrogen and oxygen atoms in total. The number of fused-ring (bicyclic) bond motifs is 2. The molecular formula is C8H15NO. The summed E-state index contributed by atoms with van der Waals surface area (Å²) in [5, 5.41) is 9.60. The highest BCUT2D eigenvalue weighted by molar-refractivity contribution is 4.91. The monoisotopic (exact) mass is 141 g/mol. The molecular weight excluding hydrogens is 126 g/mol. The van der Waals surface area contributed by atoms with E-state index in [0.29, 0.717) is 11.8 Å². The fourth-order valence-corrected chi connectivity index (χ4v) is 2.43. The van der Waals surface area contributed by atoms with E-state index in [1.165, 1.54) is 12.8 Å². The van der Waals surface area contributed by atoms with Crippen molar-refractivity contribution in [1.29, 1.82) is 0 Å². The maximum absolute atomic E-state index is 9.60. The molecule has 10 heavy (non-hydrogen) atoms. The lowest BCUT2D eigenvalue weighted by Crippen LogP contribution is -2.42. The van der Waals surface area contributed by atoms with Gasteiger partial charge in [-0.1, -0.05) is 0 Å². The summed E-state index contributed by atoms with van der Waals surface area (Å²) in [5.41, 5.74) is 0. The van der Waals surface area contributed by atoms with Crippen LogP contribution in [0.5, 0.6) is 0 Å². The third kappa shape index (κ3) is 0.867. The number of aliphatic hydroxyl groups is 1. The van der Waals surface area contributed by atoms with Gasteiger partial charge < -0.3 is 10.0 Å². The minimum Gasteiger partial charge on any atom is -0.392 e. The van der Waals surface area contributed by atoms with Gasteiger partial charge in [0.1, 0.15) is 0 Å². The van der Waals surface area contributed by atoms with Crippen LogP contribution in [0, 0.1) is 11.8 Å². The van der Waals surface area contributed by atoms with Crippen LogP contribution in [-0.4, -0.2) is 36.2 Å². The quantitative estimate of drug-likeness (QED) is 0.525. The van der Waals surface area contributed by atoms with Crippen LogP contribution in [0.2, 0.25) is 0 Å². The van der Waals surface area contributed by atoms with Gasteiger partial charge in [0.25, 0.3) is 0 Å². The van der Waals surface area contributed by atoms with Crippen molar-refractivity contribution >= 4 is 0 Å².